The highest BCUT2D eigenvalue weighted by molar-refractivity contribution is 7.99. The Morgan fingerprint density at radius 1 is 1.23 bits per heavy atom. The summed E-state index contributed by atoms with van der Waals surface area (Å²) in [5, 5.41) is 11.8. The lowest BCUT2D eigenvalue weighted by molar-refractivity contribution is -0.309. The quantitative estimate of drug-likeness (QED) is 0.319. The summed E-state index contributed by atoms with van der Waals surface area (Å²) in [6.07, 6.45) is 1.70. The van der Waals surface area contributed by atoms with Crippen LogP contribution in [0.4, 0.5) is 5.13 Å². The van der Waals surface area contributed by atoms with E-state index in [0.29, 0.717) is 34.8 Å². The summed E-state index contributed by atoms with van der Waals surface area (Å²) in [6, 6.07) is 11.4. The second-order valence-electron chi connectivity index (χ2n) is 9.14. The maximum absolute atomic E-state index is 6.61. The number of hydrogen-bond donors (Lipinski definition) is 1. The average Bonchev–Trinajstić information content (AvgIpc) is 3.60. The van der Waals surface area contributed by atoms with Gasteiger partial charge in [0.2, 0.25) is 0 Å². The summed E-state index contributed by atoms with van der Waals surface area (Å²) in [6.45, 7) is 4.71. The lowest BCUT2D eigenvalue weighted by Gasteiger charge is -2.49. The summed E-state index contributed by atoms with van der Waals surface area (Å²) in [7, 11) is 0. The third kappa shape index (κ3) is 5.55. The summed E-state index contributed by atoms with van der Waals surface area (Å²) >= 11 is 9.15. The van der Waals surface area contributed by atoms with Crippen LogP contribution in [0, 0.1) is 6.92 Å². The maximum atomic E-state index is 6.61. The van der Waals surface area contributed by atoms with Gasteiger partial charge in [-0.05, 0) is 19.9 Å². The van der Waals surface area contributed by atoms with Crippen molar-refractivity contribution in [2.24, 2.45) is 0 Å². The number of thiazole rings is 1. The fraction of sp³-hybridized carbons (Fsp3) is 0.385. The van der Waals surface area contributed by atoms with Crippen molar-refractivity contribution in [1.29, 1.82) is 0 Å². The van der Waals surface area contributed by atoms with Crippen LogP contribution in [0.25, 0.3) is 11.4 Å². The first-order valence-corrected chi connectivity index (χ1v) is 14.6. The zero-order chi connectivity index (χ0) is 26.9. The van der Waals surface area contributed by atoms with Gasteiger partial charge in [-0.1, -0.05) is 58.9 Å². The van der Waals surface area contributed by atoms with Crippen molar-refractivity contribution in [1.82, 2.24) is 25.0 Å². The second kappa shape index (κ2) is 11.5. The van der Waals surface area contributed by atoms with Gasteiger partial charge in [0.15, 0.2) is 11.4 Å². The van der Waals surface area contributed by atoms with Crippen molar-refractivity contribution in [3.63, 3.8) is 0 Å². The molecule has 4 unspecified atom stereocenters. The van der Waals surface area contributed by atoms with Crippen molar-refractivity contribution in [3.8, 4) is 11.4 Å². The monoisotopic (exact) mass is 586 g/mol. The van der Waals surface area contributed by atoms with Crippen LogP contribution in [-0.2, 0) is 18.9 Å². The zero-order valence-corrected chi connectivity index (χ0v) is 23.6. The summed E-state index contributed by atoms with van der Waals surface area (Å²) in [4.78, 5) is 9.69. The molecular formula is C26H27ClN6O4S2. The lowest BCUT2D eigenvalue weighted by atomic mass is 9.95. The number of anilines is 1. The highest BCUT2D eigenvalue weighted by Gasteiger charge is 2.52. The van der Waals surface area contributed by atoms with E-state index in [-0.39, 0.29) is 12.1 Å². The minimum absolute atomic E-state index is 0.341. The van der Waals surface area contributed by atoms with E-state index in [0.717, 1.165) is 16.2 Å². The molecule has 0 bridgehead atoms. The number of nitrogen functional groups attached to an aromatic ring is 1. The van der Waals surface area contributed by atoms with Crippen molar-refractivity contribution in [2.75, 3.05) is 18.9 Å². The summed E-state index contributed by atoms with van der Waals surface area (Å²) < 4.78 is 27.5. The molecule has 39 heavy (non-hydrogen) atoms. The third-order valence-corrected chi connectivity index (χ3v) is 8.75. The molecule has 2 N–H and O–H groups in total. The molecule has 6 rings (SSSR count). The first kappa shape index (κ1) is 26.6. The predicted octanol–water partition coefficient (Wildman–Crippen LogP) is 4.92. The first-order valence-electron chi connectivity index (χ1n) is 12.5. The molecule has 0 saturated carbocycles. The zero-order valence-electron chi connectivity index (χ0n) is 21.2. The minimum atomic E-state index is -0.550. The predicted molar refractivity (Wildman–Crippen MR) is 149 cm³/mol. The fourth-order valence-corrected chi connectivity index (χ4v) is 6.81. The van der Waals surface area contributed by atoms with Gasteiger partial charge in [-0.15, -0.1) is 16.4 Å². The van der Waals surface area contributed by atoms with Crippen LogP contribution in [0.15, 0.2) is 59.1 Å². The Balaban J connectivity index is 1.38. The van der Waals surface area contributed by atoms with E-state index in [1.807, 2.05) is 61.8 Å². The number of thioether (sulfide) groups is 1. The van der Waals surface area contributed by atoms with Crippen LogP contribution < -0.4 is 5.73 Å². The maximum Gasteiger partial charge on any atom is 0.184 e. The van der Waals surface area contributed by atoms with E-state index < -0.39 is 23.9 Å². The number of benzene rings is 1. The smallest absolute Gasteiger partial charge is 0.184 e. The van der Waals surface area contributed by atoms with E-state index >= 15 is 0 Å². The molecule has 5 heterocycles. The number of aromatic nitrogens is 5. The number of hydrogen-bond acceptors (Lipinski definition) is 11. The molecule has 2 saturated heterocycles. The largest absolute Gasteiger partial charge is 0.375 e. The van der Waals surface area contributed by atoms with Gasteiger partial charge >= 0.3 is 0 Å². The Kier molecular flexibility index (Phi) is 7.85. The highest BCUT2D eigenvalue weighted by atomic mass is 35.5. The van der Waals surface area contributed by atoms with Crippen molar-refractivity contribution < 1.29 is 18.9 Å². The molecular weight excluding hydrogens is 560 g/mol. The van der Waals surface area contributed by atoms with E-state index in [2.05, 4.69) is 20.3 Å². The number of rotatable bonds is 7. The molecule has 6 atom stereocenters. The Labute approximate surface area is 238 Å². The van der Waals surface area contributed by atoms with E-state index in [4.69, 9.17) is 36.3 Å². The minimum Gasteiger partial charge on any atom is -0.375 e. The normalized spacial score (nSPS) is 26.8. The molecule has 204 valence electrons. The second-order valence-corrected chi connectivity index (χ2v) is 11.6. The van der Waals surface area contributed by atoms with Gasteiger partial charge < -0.3 is 24.7 Å². The van der Waals surface area contributed by atoms with E-state index in [1.54, 1.807) is 10.9 Å². The molecule has 0 spiro atoms. The summed E-state index contributed by atoms with van der Waals surface area (Å²) in [5.41, 5.74) is 8.51. The molecule has 4 aromatic rings. The van der Waals surface area contributed by atoms with Crippen LogP contribution in [0.1, 0.15) is 30.5 Å². The Morgan fingerprint density at radius 2 is 2.08 bits per heavy atom. The van der Waals surface area contributed by atoms with Crippen LogP contribution >= 0.6 is 34.7 Å². The molecule has 2 aliphatic heterocycles. The summed E-state index contributed by atoms with van der Waals surface area (Å²) in [5.74, 6) is 0. The number of aryl methyl sites for hydroxylation is 1. The van der Waals surface area contributed by atoms with Gasteiger partial charge in [0.25, 0.3) is 0 Å². The van der Waals surface area contributed by atoms with Crippen molar-refractivity contribution in [2.45, 2.75) is 54.8 Å². The van der Waals surface area contributed by atoms with Gasteiger partial charge in [-0.25, -0.2) is 9.67 Å². The van der Waals surface area contributed by atoms with Gasteiger partial charge in [0, 0.05) is 28.6 Å². The Hall–Kier alpha value is -2.58. The number of pyridine rings is 1. The Morgan fingerprint density at radius 3 is 2.85 bits per heavy atom. The molecule has 0 radical (unpaired) electrons. The molecule has 13 heteroatoms. The van der Waals surface area contributed by atoms with Crippen LogP contribution in [-0.4, -0.2) is 61.9 Å². The molecule has 1 aromatic carbocycles. The molecule has 10 nitrogen and oxygen atoms in total. The average molecular weight is 587 g/mol. The van der Waals surface area contributed by atoms with Gasteiger partial charge in [-0.3, -0.25) is 4.98 Å². The third-order valence-electron chi connectivity index (χ3n) is 6.59. The van der Waals surface area contributed by atoms with E-state index in [9.17, 15) is 0 Å². The molecule has 2 fully saturated rings. The van der Waals surface area contributed by atoms with Gasteiger partial charge in [0.1, 0.15) is 41.2 Å². The number of nitrogens with zero attached hydrogens (tertiary/aromatic N) is 5. The highest BCUT2D eigenvalue weighted by Crippen LogP contribution is 2.45. The number of nitrogens with two attached hydrogens (primary N) is 1. The SMILES string of the molecule is CCOC1C(n2cc(-c3csc(N)n3)nn2)[C@H]2OC(c3ccccc3)OCC2O[C@@H]1Sc1cc(Cl)cnc1C. The number of halogens is 1. The molecule has 0 amide bonds. The number of ether oxygens (including phenoxy) is 4. The van der Waals surface area contributed by atoms with Crippen LogP contribution in [0.5, 0.6) is 0 Å². The van der Waals surface area contributed by atoms with E-state index in [1.165, 1.54) is 23.1 Å². The van der Waals surface area contributed by atoms with Crippen molar-refractivity contribution in [3.05, 3.63) is 70.5 Å². The topological polar surface area (TPSA) is 119 Å². The first-order chi connectivity index (χ1) is 19.0. The molecule has 0 aliphatic carbocycles. The van der Waals surface area contributed by atoms with Crippen LogP contribution in [0.2, 0.25) is 5.02 Å². The van der Waals surface area contributed by atoms with Gasteiger partial charge in [0.05, 0.1) is 23.5 Å². The fourth-order valence-electron chi connectivity index (χ4n) is 4.79. The molecule has 2 aliphatic rings. The van der Waals surface area contributed by atoms with Gasteiger partial charge in [-0.2, -0.15) is 0 Å². The van der Waals surface area contributed by atoms with Crippen LogP contribution in [0.3, 0.4) is 0 Å². The Bertz CT molecular complexity index is 1420. The lowest BCUT2D eigenvalue weighted by Crippen LogP contribution is -2.59. The molecule has 3 aromatic heterocycles. The van der Waals surface area contributed by atoms with Crippen molar-refractivity contribution >= 4 is 39.8 Å². The number of fused-ring (bicyclic) bond motifs is 1. The standard InChI is InChI=1S/C26H27ClN6O4S2/c1-3-34-23-21(33-11-17(31-32-33)18-13-38-26(28)30-18)22-19(12-35-24(37-22)15-7-5-4-6-8-15)36-25(23)39-20-9-16(27)10-29-14(20)2/h4-11,13,19,21-25H,3,12H2,1-2H3,(H2,28,30)/t19?,21?,22-,23?,24?,25+/m0/s1.